The number of carbonyl (C=O) groups is 7. The van der Waals surface area contributed by atoms with Gasteiger partial charge in [0.25, 0.3) is 0 Å². The number of nitrogens with one attached hydrogen (secondary N) is 5. The maximum Gasteiger partial charge on any atom is 0.472 e. The molecule has 0 radical (unpaired) electrons. The van der Waals surface area contributed by atoms with Crippen LogP contribution in [0, 0.1) is 0 Å². The highest BCUT2D eigenvalue weighted by Crippen LogP contribution is 2.42. The monoisotopic (exact) mass is 610 g/mol. The Labute approximate surface area is 236 Å². The molecule has 0 bridgehead atoms. The molecule has 0 rings (SSSR count). The van der Waals surface area contributed by atoms with E-state index < -0.39 is 69.5 Å². The van der Waals surface area contributed by atoms with Crippen molar-refractivity contribution in [2.45, 2.75) is 39.5 Å². The molecular weight excluding hydrogens is 571 g/mol. The summed E-state index contributed by atoms with van der Waals surface area (Å²) >= 11 is 0. The first-order valence-electron chi connectivity index (χ1n) is 12.7. The smallest absolute Gasteiger partial charge is 0.472 e. The molecule has 19 heteroatoms. The summed E-state index contributed by atoms with van der Waals surface area (Å²) in [4.78, 5) is 92.3. The predicted octanol–water partition coefficient (Wildman–Crippen LogP) is -2.79. The van der Waals surface area contributed by atoms with E-state index in [0.29, 0.717) is 24.3 Å². The Balaban J connectivity index is 4.22. The second-order valence-corrected chi connectivity index (χ2v) is 9.66. The zero-order chi connectivity index (χ0) is 31.3. The number of carbonyl (C=O) groups excluding carboxylic acids is 6. The highest BCUT2D eigenvalue weighted by Gasteiger charge is 2.21. The summed E-state index contributed by atoms with van der Waals surface area (Å²) in [5, 5.41) is 20.7. The second kappa shape index (κ2) is 21.2. The SMILES string of the molecule is CCNC(=O)CNC(=O)CN(CC(=O)O)C(=O)CNC(=O)CNC(=O)CCCCC(=O)NCCOP(=O)(O)OCC. The van der Waals surface area contributed by atoms with Crippen molar-refractivity contribution in [1.82, 2.24) is 31.5 Å². The van der Waals surface area contributed by atoms with Gasteiger partial charge in [-0.2, -0.15) is 0 Å². The lowest BCUT2D eigenvalue weighted by atomic mass is 10.2. The Morgan fingerprint density at radius 2 is 1.24 bits per heavy atom. The fourth-order valence-corrected chi connectivity index (χ4v) is 3.61. The van der Waals surface area contributed by atoms with Crippen LogP contribution in [0.15, 0.2) is 0 Å². The average Bonchev–Trinajstić information content (AvgIpc) is 2.89. The Bertz CT molecular complexity index is 963. The highest BCUT2D eigenvalue weighted by molar-refractivity contribution is 7.47. The number of unbranched alkanes of at least 4 members (excludes halogenated alkanes) is 1. The van der Waals surface area contributed by atoms with Crippen molar-refractivity contribution in [2.75, 3.05) is 59.0 Å². The molecule has 1 unspecified atom stereocenters. The molecule has 7 N–H and O–H groups in total. The molecular formula is C22H39N6O12P. The van der Waals surface area contributed by atoms with Gasteiger partial charge in [-0.3, -0.25) is 42.6 Å². The fourth-order valence-electron chi connectivity index (χ4n) is 2.89. The molecule has 6 amide bonds. The minimum absolute atomic E-state index is 0.00391. The number of carboxylic acid groups (broad SMARTS) is 1. The number of nitrogens with zero attached hydrogens (tertiary/aromatic N) is 1. The van der Waals surface area contributed by atoms with Gasteiger partial charge >= 0.3 is 13.8 Å². The number of aliphatic carboxylic acids is 1. The van der Waals surface area contributed by atoms with Crippen LogP contribution in [0.3, 0.4) is 0 Å². The Kier molecular flexibility index (Phi) is 19.3. The van der Waals surface area contributed by atoms with Gasteiger partial charge in [0.2, 0.25) is 35.4 Å². The first-order valence-corrected chi connectivity index (χ1v) is 14.2. The number of phosphoric ester groups is 1. The van der Waals surface area contributed by atoms with Crippen molar-refractivity contribution < 1.29 is 57.2 Å². The van der Waals surface area contributed by atoms with E-state index in [1.165, 1.54) is 6.92 Å². The number of rotatable bonds is 22. The molecule has 0 aromatic rings. The van der Waals surface area contributed by atoms with Crippen molar-refractivity contribution >= 4 is 49.2 Å². The molecule has 0 fully saturated rings. The summed E-state index contributed by atoms with van der Waals surface area (Å²) < 4.78 is 20.5. The van der Waals surface area contributed by atoms with Gasteiger partial charge in [-0.15, -0.1) is 0 Å². The maximum atomic E-state index is 12.3. The average molecular weight is 611 g/mol. The van der Waals surface area contributed by atoms with Gasteiger partial charge < -0.3 is 41.5 Å². The van der Waals surface area contributed by atoms with Gasteiger partial charge in [-0.25, -0.2) is 4.57 Å². The minimum atomic E-state index is -4.13. The van der Waals surface area contributed by atoms with Crippen LogP contribution in [0.25, 0.3) is 0 Å². The third-order valence-electron chi connectivity index (χ3n) is 4.74. The number of carboxylic acids is 1. The van der Waals surface area contributed by atoms with E-state index in [0.717, 1.165) is 0 Å². The van der Waals surface area contributed by atoms with E-state index in [-0.39, 0.29) is 45.1 Å². The molecule has 1 atom stereocenters. The van der Waals surface area contributed by atoms with Gasteiger partial charge in [0.05, 0.1) is 32.8 Å². The molecule has 0 saturated carbocycles. The van der Waals surface area contributed by atoms with Gasteiger partial charge in [-0.1, -0.05) is 0 Å². The number of hydrogen-bond donors (Lipinski definition) is 7. The largest absolute Gasteiger partial charge is 0.480 e. The van der Waals surface area contributed by atoms with Crippen LogP contribution in [0.4, 0.5) is 0 Å². The van der Waals surface area contributed by atoms with Crippen molar-refractivity contribution in [3.63, 3.8) is 0 Å². The van der Waals surface area contributed by atoms with E-state index in [4.69, 9.17) is 5.11 Å². The van der Waals surface area contributed by atoms with Crippen LogP contribution in [-0.2, 0) is 47.2 Å². The van der Waals surface area contributed by atoms with Crippen LogP contribution in [0.2, 0.25) is 0 Å². The molecule has 0 saturated heterocycles. The molecule has 0 spiro atoms. The van der Waals surface area contributed by atoms with Crippen molar-refractivity contribution in [1.29, 1.82) is 0 Å². The van der Waals surface area contributed by atoms with Gasteiger partial charge in [0.1, 0.15) is 13.1 Å². The molecule has 0 aliphatic rings. The molecule has 0 aliphatic carbocycles. The Morgan fingerprint density at radius 1 is 0.707 bits per heavy atom. The number of likely N-dealkylation sites (N-methyl/N-ethyl adjacent to an activating group) is 1. The first kappa shape index (κ1) is 37.4. The molecule has 0 aliphatic heterocycles. The fraction of sp³-hybridized carbons (Fsp3) is 0.682. The molecule has 0 aromatic carbocycles. The van der Waals surface area contributed by atoms with Crippen molar-refractivity contribution in [3.8, 4) is 0 Å². The summed E-state index contributed by atoms with van der Waals surface area (Å²) in [7, 11) is -4.13. The molecule has 234 valence electrons. The lowest BCUT2D eigenvalue weighted by Crippen LogP contribution is -2.49. The second-order valence-electron chi connectivity index (χ2n) is 8.20. The third-order valence-corrected chi connectivity index (χ3v) is 5.84. The zero-order valence-corrected chi connectivity index (χ0v) is 24.0. The van der Waals surface area contributed by atoms with Crippen LogP contribution in [0.1, 0.15) is 39.5 Å². The summed E-state index contributed by atoms with van der Waals surface area (Å²) in [5.74, 6) is -5.06. The summed E-state index contributed by atoms with van der Waals surface area (Å²) in [6.45, 7) is 0.415. The third kappa shape index (κ3) is 20.9. The van der Waals surface area contributed by atoms with Gasteiger partial charge in [-0.05, 0) is 26.7 Å². The predicted molar refractivity (Wildman–Crippen MR) is 141 cm³/mol. The number of hydrogen-bond acceptors (Lipinski definition) is 10. The topological polar surface area (TPSA) is 259 Å². The van der Waals surface area contributed by atoms with E-state index in [2.05, 4.69) is 35.6 Å². The zero-order valence-electron chi connectivity index (χ0n) is 23.1. The number of phosphoric acid groups is 1. The Morgan fingerprint density at radius 3 is 1.80 bits per heavy atom. The van der Waals surface area contributed by atoms with E-state index in [1.54, 1.807) is 6.92 Å². The summed E-state index contributed by atoms with van der Waals surface area (Å²) in [6.07, 6.45) is 0.796. The van der Waals surface area contributed by atoms with Crippen molar-refractivity contribution in [3.05, 3.63) is 0 Å². The molecule has 0 heterocycles. The molecule has 41 heavy (non-hydrogen) atoms. The van der Waals surface area contributed by atoms with Gasteiger partial charge in [0.15, 0.2) is 0 Å². The Hall–Kier alpha value is -3.60. The van der Waals surface area contributed by atoms with E-state index >= 15 is 0 Å². The highest BCUT2D eigenvalue weighted by atomic mass is 31.2. The lowest BCUT2D eigenvalue weighted by Gasteiger charge is -2.20. The minimum Gasteiger partial charge on any atom is -0.480 e. The standard InChI is InChI=1S/C22H39N6O12P/c1-3-23-18(31)11-26-20(33)14-28(15-22(35)36)21(34)13-27-19(32)12-25-17(30)8-6-5-7-16(29)24-9-10-40-41(37,38)39-4-2/h3-15H2,1-2H3,(H,23,31)(H,24,29)(H,25,30)(H,26,33)(H,27,32)(H,35,36)(H,37,38). The summed E-state index contributed by atoms with van der Waals surface area (Å²) in [6, 6.07) is 0. The van der Waals surface area contributed by atoms with Crippen LogP contribution in [-0.4, -0.2) is 115 Å². The van der Waals surface area contributed by atoms with Crippen LogP contribution in [0.5, 0.6) is 0 Å². The lowest BCUT2D eigenvalue weighted by molar-refractivity contribution is -0.145. The quantitative estimate of drug-likeness (QED) is 0.0485. The normalized spacial score (nSPS) is 11.9. The molecule has 0 aromatic heterocycles. The van der Waals surface area contributed by atoms with Crippen LogP contribution >= 0.6 is 7.82 Å². The van der Waals surface area contributed by atoms with Gasteiger partial charge in [0, 0.05) is 25.9 Å². The van der Waals surface area contributed by atoms with Crippen LogP contribution < -0.4 is 26.6 Å². The first-order chi connectivity index (χ1) is 19.3. The van der Waals surface area contributed by atoms with Crippen molar-refractivity contribution in [2.24, 2.45) is 0 Å². The van der Waals surface area contributed by atoms with E-state index in [1.807, 2.05) is 0 Å². The molecule has 18 nitrogen and oxygen atoms in total. The van der Waals surface area contributed by atoms with E-state index in [9.17, 15) is 43.0 Å². The summed E-state index contributed by atoms with van der Waals surface area (Å²) in [5.41, 5.74) is 0. The number of amides is 6. The maximum absolute atomic E-state index is 12.3.